The molecule has 2 rings (SSSR count). The fraction of sp³-hybridized carbons (Fsp3) is 0.294. The van der Waals surface area contributed by atoms with Crippen LogP contribution in [0.1, 0.15) is 24.9 Å². The van der Waals surface area contributed by atoms with E-state index in [2.05, 4.69) is 24.0 Å². The van der Waals surface area contributed by atoms with Crippen LogP contribution in [0, 0.1) is 5.82 Å². The van der Waals surface area contributed by atoms with Crippen molar-refractivity contribution < 1.29 is 4.39 Å². The number of benzene rings is 2. The topological polar surface area (TPSA) is 29.3 Å². The second-order valence-electron chi connectivity index (χ2n) is 4.83. The largest absolute Gasteiger partial charge is 0.372 e. The first-order valence-electron chi connectivity index (χ1n) is 7.02. The molecule has 1 unspecified atom stereocenters. The van der Waals surface area contributed by atoms with Crippen molar-refractivity contribution in [2.24, 2.45) is 5.73 Å². The molecule has 0 spiro atoms. The highest BCUT2D eigenvalue weighted by Crippen LogP contribution is 2.20. The fourth-order valence-electron chi connectivity index (χ4n) is 2.33. The molecule has 0 bridgehead atoms. The standard InChI is InChI=1S/C17H21FN2/c1-2-20(14-8-4-3-5-9-14)13-12-17(19)15-10-6-7-11-16(15)18/h3-11,17H,2,12-13,19H2,1H3. The molecule has 20 heavy (non-hydrogen) atoms. The zero-order valence-corrected chi connectivity index (χ0v) is 11.8. The predicted octanol–water partition coefficient (Wildman–Crippen LogP) is 3.74. The van der Waals surface area contributed by atoms with E-state index in [0.717, 1.165) is 19.5 Å². The van der Waals surface area contributed by atoms with Crippen LogP contribution in [-0.4, -0.2) is 13.1 Å². The average Bonchev–Trinajstić information content (AvgIpc) is 2.49. The van der Waals surface area contributed by atoms with Crippen LogP contribution in [0.25, 0.3) is 0 Å². The molecule has 0 fully saturated rings. The van der Waals surface area contributed by atoms with E-state index in [4.69, 9.17) is 5.73 Å². The number of hydrogen-bond acceptors (Lipinski definition) is 2. The lowest BCUT2D eigenvalue weighted by molar-refractivity contribution is 0.560. The third kappa shape index (κ3) is 3.58. The maximum atomic E-state index is 13.7. The molecule has 0 aromatic heterocycles. The van der Waals surface area contributed by atoms with Gasteiger partial charge < -0.3 is 10.6 Å². The molecular weight excluding hydrogens is 251 g/mol. The Morgan fingerprint density at radius 3 is 2.35 bits per heavy atom. The van der Waals surface area contributed by atoms with Crippen LogP contribution in [0.4, 0.5) is 10.1 Å². The summed E-state index contributed by atoms with van der Waals surface area (Å²) in [7, 11) is 0. The number of hydrogen-bond donors (Lipinski definition) is 1. The summed E-state index contributed by atoms with van der Waals surface area (Å²) >= 11 is 0. The maximum Gasteiger partial charge on any atom is 0.127 e. The minimum Gasteiger partial charge on any atom is -0.372 e. The summed E-state index contributed by atoms with van der Waals surface area (Å²) < 4.78 is 13.7. The molecule has 3 heteroatoms. The molecule has 1 atom stereocenters. The van der Waals surface area contributed by atoms with Crippen molar-refractivity contribution >= 4 is 5.69 Å². The number of para-hydroxylation sites is 1. The lowest BCUT2D eigenvalue weighted by Crippen LogP contribution is -2.27. The van der Waals surface area contributed by atoms with Crippen LogP contribution in [-0.2, 0) is 0 Å². The molecule has 0 saturated carbocycles. The van der Waals surface area contributed by atoms with Crippen molar-refractivity contribution in [3.8, 4) is 0 Å². The van der Waals surface area contributed by atoms with E-state index in [1.54, 1.807) is 12.1 Å². The molecule has 2 N–H and O–H groups in total. The highest BCUT2D eigenvalue weighted by molar-refractivity contribution is 5.45. The summed E-state index contributed by atoms with van der Waals surface area (Å²) in [5.41, 5.74) is 7.88. The molecule has 0 heterocycles. The van der Waals surface area contributed by atoms with Gasteiger partial charge in [0.15, 0.2) is 0 Å². The van der Waals surface area contributed by atoms with Crippen LogP contribution in [0.5, 0.6) is 0 Å². The van der Waals surface area contributed by atoms with Crippen molar-refractivity contribution in [2.45, 2.75) is 19.4 Å². The average molecular weight is 272 g/mol. The third-order valence-corrected chi connectivity index (χ3v) is 3.52. The number of anilines is 1. The van der Waals surface area contributed by atoms with Crippen LogP contribution in [0.2, 0.25) is 0 Å². The van der Waals surface area contributed by atoms with Crippen molar-refractivity contribution in [1.29, 1.82) is 0 Å². The van der Waals surface area contributed by atoms with Gasteiger partial charge in [0.25, 0.3) is 0 Å². The monoisotopic (exact) mass is 272 g/mol. The summed E-state index contributed by atoms with van der Waals surface area (Å²) in [6, 6.07) is 16.7. The van der Waals surface area contributed by atoms with Crippen molar-refractivity contribution in [1.82, 2.24) is 0 Å². The van der Waals surface area contributed by atoms with Crippen LogP contribution >= 0.6 is 0 Å². The molecule has 2 aromatic carbocycles. The highest BCUT2D eigenvalue weighted by Gasteiger charge is 2.12. The van der Waals surface area contributed by atoms with E-state index >= 15 is 0 Å². The van der Waals surface area contributed by atoms with E-state index in [0.29, 0.717) is 5.56 Å². The number of rotatable bonds is 6. The van der Waals surface area contributed by atoms with Gasteiger partial charge in [0, 0.05) is 30.4 Å². The van der Waals surface area contributed by atoms with Gasteiger partial charge in [-0.1, -0.05) is 36.4 Å². The van der Waals surface area contributed by atoms with Gasteiger partial charge in [-0.3, -0.25) is 0 Å². The minimum atomic E-state index is -0.269. The second kappa shape index (κ2) is 7.06. The van der Waals surface area contributed by atoms with Gasteiger partial charge in [-0.05, 0) is 31.5 Å². The van der Waals surface area contributed by atoms with Gasteiger partial charge >= 0.3 is 0 Å². The normalized spacial score (nSPS) is 12.2. The summed E-state index contributed by atoms with van der Waals surface area (Å²) in [4.78, 5) is 2.25. The second-order valence-corrected chi connectivity index (χ2v) is 4.83. The molecule has 0 saturated heterocycles. The first kappa shape index (κ1) is 14.5. The Balaban J connectivity index is 1.99. The molecule has 0 aliphatic carbocycles. The fourth-order valence-corrected chi connectivity index (χ4v) is 2.33. The number of nitrogens with zero attached hydrogens (tertiary/aromatic N) is 1. The molecule has 2 aromatic rings. The third-order valence-electron chi connectivity index (χ3n) is 3.52. The lowest BCUT2D eigenvalue weighted by Gasteiger charge is -2.25. The smallest absolute Gasteiger partial charge is 0.127 e. The quantitative estimate of drug-likeness (QED) is 0.868. The first-order chi connectivity index (χ1) is 9.72. The summed E-state index contributed by atoms with van der Waals surface area (Å²) in [5, 5.41) is 0. The summed E-state index contributed by atoms with van der Waals surface area (Å²) in [6.45, 7) is 3.84. The van der Waals surface area contributed by atoms with E-state index in [1.807, 2.05) is 24.3 Å². The maximum absolute atomic E-state index is 13.7. The Bertz CT molecular complexity index is 528. The van der Waals surface area contributed by atoms with E-state index in [9.17, 15) is 4.39 Å². The molecule has 2 nitrogen and oxygen atoms in total. The Morgan fingerprint density at radius 2 is 1.70 bits per heavy atom. The number of halogens is 1. The molecule has 0 amide bonds. The summed E-state index contributed by atoms with van der Waals surface area (Å²) in [5.74, 6) is -0.220. The molecule has 106 valence electrons. The molecule has 0 radical (unpaired) electrons. The van der Waals surface area contributed by atoms with Gasteiger partial charge in [-0.15, -0.1) is 0 Å². The van der Waals surface area contributed by atoms with E-state index in [-0.39, 0.29) is 11.9 Å². The van der Waals surface area contributed by atoms with Crippen LogP contribution in [0.15, 0.2) is 54.6 Å². The SMILES string of the molecule is CCN(CCC(N)c1ccccc1F)c1ccccc1. The Kier molecular flexibility index (Phi) is 5.13. The van der Waals surface area contributed by atoms with Gasteiger partial charge in [0.2, 0.25) is 0 Å². The summed E-state index contributed by atoms with van der Waals surface area (Å²) in [6.07, 6.45) is 0.726. The van der Waals surface area contributed by atoms with Gasteiger partial charge in [-0.25, -0.2) is 4.39 Å². The van der Waals surface area contributed by atoms with Crippen molar-refractivity contribution in [3.05, 3.63) is 66.0 Å². The van der Waals surface area contributed by atoms with Crippen LogP contribution < -0.4 is 10.6 Å². The molecule has 0 aliphatic rings. The number of nitrogens with two attached hydrogens (primary N) is 1. The lowest BCUT2D eigenvalue weighted by atomic mass is 10.0. The predicted molar refractivity (Wildman–Crippen MR) is 82.3 cm³/mol. The zero-order valence-electron chi connectivity index (χ0n) is 11.8. The first-order valence-corrected chi connectivity index (χ1v) is 7.02. The molecular formula is C17H21FN2. The van der Waals surface area contributed by atoms with Crippen molar-refractivity contribution in [2.75, 3.05) is 18.0 Å². The van der Waals surface area contributed by atoms with E-state index < -0.39 is 0 Å². The Hall–Kier alpha value is -1.87. The van der Waals surface area contributed by atoms with Crippen molar-refractivity contribution in [3.63, 3.8) is 0 Å². The Labute approximate surface area is 120 Å². The zero-order chi connectivity index (χ0) is 14.4. The Morgan fingerprint density at radius 1 is 1.05 bits per heavy atom. The molecule has 0 aliphatic heterocycles. The van der Waals surface area contributed by atoms with Crippen LogP contribution in [0.3, 0.4) is 0 Å². The van der Waals surface area contributed by atoms with Gasteiger partial charge in [0.05, 0.1) is 0 Å². The van der Waals surface area contributed by atoms with Gasteiger partial charge in [-0.2, -0.15) is 0 Å². The van der Waals surface area contributed by atoms with Gasteiger partial charge in [0.1, 0.15) is 5.82 Å². The minimum absolute atomic E-state index is 0.220. The highest BCUT2D eigenvalue weighted by atomic mass is 19.1. The van der Waals surface area contributed by atoms with E-state index in [1.165, 1.54) is 11.8 Å².